The molecule has 0 atom stereocenters. The van der Waals surface area contributed by atoms with E-state index >= 15 is 0 Å². The number of rotatable bonds is 4. The van der Waals surface area contributed by atoms with Gasteiger partial charge in [0.2, 0.25) is 0 Å². The summed E-state index contributed by atoms with van der Waals surface area (Å²) in [7, 11) is 0. The van der Waals surface area contributed by atoms with Crippen LogP contribution in [0.1, 0.15) is 15.9 Å². The Labute approximate surface area is 125 Å². The summed E-state index contributed by atoms with van der Waals surface area (Å²) in [5.74, 6) is -1.01. The number of hydrogen-bond donors (Lipinski definition) is 2. The van der Waals surface area contributed by atoms with Gasteiger partial charge in [0.05, 0.1) is 22.5 Å². The highest BCUT2D eigenvalue weighted by molar-refractivity contribution is 6.35. The second-order valence-electron chi connectivity index (χ2n) is 3.89. The largest absolute Gasteiger partial charge is 0.478 e. The molecule has 0 spiro atoms. The summed E-state index contributed by atoms with van der Waals surface area (Å²) in [4.78, 5) is 11.0. The van der Waals surface area contributed by atoms with Crippen molar-refractivity contribution in [2.75, 3.05) is 5.43 Å². The number of carboxylic acids is 1. The van der Waals surface area contributed by atoms with Gasteiger partial charge < -0.3 is 5.11 Å². The number of nitrogens with zero attached hydrogens (tertiary/aromatic N) is 1. The lowest BCUT2D eigenvalue weighted by atomic mass is 10.1. The number of carboxylic acid groups (broad SMARTS) is 1. The Morgan fingerprint density at radius 3 is 2.70 bits per heavy atom. The van der Waals surface area contributed by atoms with Crippen molar-refractivity contribution in [1.82, 2.24) is 0 Å². The van der Waals surface area contributed by atoms with Crippen LogP contribution in [-0.4, -0.2) is 17.3 Å². The van der Waals surface area contributed by atoms with Gasteiger partial charge in [0.25, 0.3) is 0 Å². The summed E-state index contributed by atoms with van der Waals surface area (Å²) in [6.07, 6.45) is 1.42. The monoisotopic (exact) mass is 308 g/mol. The zero-order chi connectivity index (χ0) is 14.5. The Morgan fingerprint density at radius 1 is 1.20 bits per heavy atom. The summed E-state index contributed by atoms with van der Waals surface area (Å²) in [6.45, 7) is 0. The summed E-state index contributed by atoms with van der Waals surface area (Å²) in [5, 5.41) is 14.0. The molecule has 0 saturated carbocycles. The van der Waals surface area contributed by atoms with Crippen LogP contribution in [0.5, 0.6) is 0 Å². The third-order valence-electron chi connectivity index (χ3n) is 2.51. The number of aromatic carboxylic acids is 1. The molecule has 0 bridgehead atoms. The summed E-state index contributed by atoms with van der Waals surface area (Å²) >= 11 is 11.8. The minimum atomic E-state index is -1.01. The van der Waals surface area contributed by atoms with Gasteiger partial charge in [0, 0.05) is 10.6 Å². The smallest absolute Gasteiger partial charge is 0.336 e. The number of hydrogen-bond acceptors (Lipinski definition) is 3. The maximum atomic E-state index is 11.0. The molecule has 0 aliphatic carbocycles. The Hall–Kier alpha value is -2.04. The van der Waals surface area contributed by atoms with Crippen LogP contribution >= 0.6 is 23.2 Å². The summed E-state index contributed by atoms with van der Waals surface area (Å²) in [6, 6.07) is 11.5. The van der Waals surface area contributed by atoms with Crippen molar-refractivity contribution in [3.8, 4) is 0 Å². The van der Waals surface area contributed by atoms with Crippen molar-refractivity contribution in [2.24, 2.45) is 5.10 Å². The zero-order valence-electron chi connectivity index (χ0n) is 10.2. The molecule has 0 unspecified atom stereocenters. The van der Waals surface area contributed by atoms with Gasteiger partial charge in [-0.2, -0.15) is 5.10 Å². The van der Waals surface area contributed by atoms with Gasteiger partial charge in [-0.05, 0) is 24.3 Å². The molecule has 0 fully saturated rings. The van der Waals surface area contributed by atoms with Gasteiger partial charge in [0.15, 0.2) is 0 Å². The molecule has 0 heterocycles. The Balaban J connectivity index is 2.18. The number of carbonyl (C=O) groups is 1. The third-order valence-corrected chi connectivity index (χ3v) is 3.07. The van der Waals surface area contributed by atoms with Crippen molar-refractivity contribution in [2.45, 2.75) is 0 Å². The SMILES string of the molecule is O=C(O)c1ccccc1C=NNc1cc(Cl)ccc1Cl. The van der Waals surface area contributed by atoms with E-state index in [1.807, 2.05) is 0 Å². The molecule has 0 aromatic heterocycles. The number of benzene rings is 2. The van der Waals surface area contributed by atoms with Crippen molar-refractivity contribution in [3.63, 3.8) is 0 Å². The van der Waals surface area contributed by atoms with Crippen molar-refractivity contribution in [3.05, 3.63) is 63.6 Å². The van der Waals surface area contributed by atoms with E-state index in [0.29, 0.717) is 21.3 Å². The summed E-state index contributed by atoms with van der Waals surface area (Å²) < 4.78 is 0. The van der Waals surface area contributed by atoms with Gasteiger partial charge in [-0.1, -0.05) is 41.4 Å². The van der Waals surface area contributed by atoms with Crippen LogP contribution in [-0.2, 0) is 0 Å². The predicted octanol–water partition coefficient (Wildman–Crippen LogP) is 4.14. The molecule has 4 nitrogen and oxygen atoms in total. The van der Waals surface area contributed by atoms with Gasteiger partial charge in [-0.15, -0.1) is 0 Å². The fraction of sp³-hybridized carbons (Fsp3) is 0. The first-order valence-electron chi connectivity index (χ1n) is 5.64. The number of hydrazone groups is 1. The molecule has 0 saturated heterocycles. The first kappa shape index (κ1) is 14.4. The van der Waals surface area contributed by atoms with E-state index in [9.17, 15) is 4.79 Å². The molecule has 0 radical (unpaired) electrons. The quantitative estimate of drug-likeness (QED) is 0.659. The lowest BCUT2D eigenvalue weighted by molar-refractivity contribution is 0.0697. The standard InChI is InChI=1S/C14H10Cl2N2O2/c15-10-5-6-12(16)13(7-10)18-17-8-9-3-1-2-4-11(9)14(19)20/h1-8,18H,(H,19,20). The second-order valence-corrected chi connectivity index (χ2v) is 4.73. The van der Waals surface area contributed by atoms with E-state index in [4.69, 9.17) is 28.3 Å². The minimum absolute atomic E-state index is 0.176. The highest BCUT2D eigenvalue weighted by atomic mass is 35.5. The predicted molar refractivity (Wildman–Crippen MR) is 81.1 cm³/mol. The Morgan fingerprint density at radius 2 is 1.95 bits per heavy atom. The van der Waals surface area contributed by atoms with E-state index in [-0.39, 0.29) is 5.56 Å². The van der Waals surface area contributed by atoms with Crippen LogP contribution in [0, 0.1) is 0 Å². The number of nitrogens with one attached hydrogen (secondary N) is 1. The Bertz CT molecular complexity index is 672. The van der Waals surface area contributed by atoms with E-state index in [1.165, 1.54) is 12.3 Å². The van der Waals surface area contributed by atoms with Gasteiger partial charge in [0.1, 0.15) is 0 Å². The highest BCUT2D eigenvalue weighted by Crippen LogP contribution is 2.25. The van der Waals surface area contributed by atoms with Crippen molar-refractivity contribution in [1.29, 1.82) is 0 Å². The van der Waals surface area contributed by atoms with Crippen LogP contribution in [0.25, 0.3) is 0 Å². The first-order chi connectivity index (χ1) is 9.58. The van der Waals surface area contributed by atoms with E-state index in [0.717, 1.165) is 0 Å². The normalized spacial score (nSPS) is 10.7. The summed E-state index contributed by atoms with van der Waals surface area (Å²) in [5.41, 5.74) is 3.94. The molecule has 2 aromatic carbocycles. The lowest BCUT2D eigenvalue weighted by Crippen LogP contribution is -2.02. The number of anilines is 1. The molecule has 20 heavy (non-hydrogen) atoms. The maximum Gasteiger partial charge on any atom is 0.336 e. The van der Waals surface area contributed by atoms with Gasteiger partial charge >= 0.3 is 5.97 Å². The second kappa shape index (κ2) is 6.41. The van der Waals surface area contributed by atoms with Crippen LogP contribution in [0.4, 0.5) is 5.69 Å². The molecule has 0 amide bonds. The molecule has 0 aliphatic rings. The van der Waals surface area contributed by atoms with Gasteiger partial charge in [-0.3, -0.25) is 5.43 Å². The van der Waals surface area contributed by atoms with E-state index < -0.39 is 5.97 Å². The minimum Gasteiger partial charge on any atom is -0.478 e. The average Bonchev–Trinajstić information content (AvgIpc) is 2.43. The molecule has 102 valence electrons. The molecule has 2 aromatic rings. The van der Waals surface area contributed by atoms with Gasteiger partial charge in [-0.25, -0.2) is 4.79 Å². The molecule has 0 aliphatic heterocycles. The van der Waals surface area contributed by atoms with Crippen LogP contribution in [0.2, 0.25) is 10.0 Å². The third kappa shape index (κ3) is 3.50. The van der Waals surface area contributed by atoms with Crippen LogP contribution in [0.15, 0.2) is 47.6 Å². The molecule has 6 heteroatoms. The molecular weight excluding hydrogens is 299 g/mol. The molecule has 2 rings (SSSR count). The molecule has 2 N–H and O–H groups in total. The fourth-order valence-corrected chi connectivity index (χ4v) is 1.89. The van der Waals surface area contributed by atoms with Crippen LogP contribution < -0.4 is 5.43 Å². The van der Waals surface area contributed by atoms with Crippen LogP contribution in [0.3, 0.4) is 0 Å². The zero-order valence-corrected chi connectivity index (χ0v) is 11.7. The maximum absolute atomic E-state index is 11.0. The van der Waals surface area contributed by atoms with Crippen molar-refractivity contribution >= 4 is 41.1 Å². The fourth-order valence-electron chi connectivity index (χ4n) is 1.56. The Kier molecular flexibility index (Phi) is 4.61. The topological polar surface area (TPSA) is 61.7 Å². The highest BCUT2D eigenvalue weighted by Gasteiger charge is 2.06. The van der Waals surface area contributed by atoms with E-state index in [1.54, 1.807) is 36.4 Å². The lowest BCUT2D eigenvalue weighted by Gasteiger charge is -2.04. The number of halogens is 2. The van der Waals surface area contributed by atoms with E-state index in [2.05, 4.69) is 10.5 Å². The first-order valence-corrected chi connectivity index (χ1v) is 6.40. The van der Waals surface area contributed by atoms with Crippen molar-refractivity contribution < 1.29 is 9.90 Å². The molecular formula is C14H10Cl2N2O2. The average molecular weight is 309 g/mol.